The smallest absolute Gasteiger partial charge is 0.410 e. The van der Waals surface area contributed by atoms with Gasteiger partial charge in [0.25, 0.3) is 0 Å². The van der Waals surface area contributed by atoms with Crippen LogP contribution in [0.15, 0.2) is 82.1 Å². The van der Waals surface area contributed by atoms with Gasteiger partial charge >= 0.3 is 12.1 Å². The molecule has 0 unspecified atom stereocenters. The van der Waals surface area contributed by atoms with Crippen molar-refractivity contribution in [1.29, 1.82) is 0 Å². The molecule has 0 spiro atoms. The average molecular weight is 616 g/mol. The summed E-state index contributed by atoms with van der Waals surface area (Å²) in [7, 11) is 0. The van der Waals surface area contributed by atoms with E-state index in [0.717, 1.165) is 40.2 Å². The zero-order valence-electron chi connectivity index (χ0n) is 26.2. The molecule has 0 saturated carbocycles. The van der Waals surface area contributed by atoms with Crippen molar-refractivity contribution in [3.05, 3.63) is 89.7 Å². The first-order chi connectivity index (χ1) is 21.1. The van der Waals surface area contributed by atoms with E-state index in [1.54, 1.807) is 23.8 Å². The van der Waals surface area contributed by atoms with E-state index in [1.165, 1.54) is 5.56 Å². The van der Waals surface area contributed by atoms with Crippen LogP contribution in [0.1, 0.15) is 49.4 Å². The fourth-order valence-electron chi connectivity index (χ4n) is 5.26. The monoisotopic (exact) mass is 615 g/mol. The SMILES string of the molecule is CCOC(=O)c1oc2ccc(SN(CCc3ccccc3)c3ccccc3N3CCN(C(=O)OC(C)(C)C)CC3)cc2c1C. The number of esters is 1. The van der Waals surface area contributed by atoms with Crippen LogP contribution in [0.25, 0.3) is 11.0 Å². The maximum absolute atomic E-state index is 12.7. The lowest BCUT2D eigenvalue weighted by atomic mass is 10.1. The molecule has 1 fully saturated rings. The van der Waals surface area contributed by atoms with Crippen LogP contribution in [0.3, 0.4) is 0 Å². The molecule has 9 heteroatoms. The zero-order valence-corrected chi connectivity index (χ0v) is 27.0. The van der Waals surface area contributed by atoms with Crippen molar-refractivity contribution in [2.24, 2.45) is 0 Å². The topological polar surface area (TPSA) is 75.5 Å². The molecule has 0 atom stereocenters. The molecule has 1 amide bonds. The van der Waals surface area contributed by atoms with Gasteiger partial charge in [0.1, 0.15) is 11.2 Å². The largest absolute Gasteiger partial charge is 0.460 e. The van der Waals surface area contributed by atoms with Crippen LogP contribution in [0.2, 0.25) is 0 Å². The fourth-order valence-corrected chi connectivity index (χ4v) is 6.25. The maximum Gasteiger partial charge on any atom is 0.410 e. The summed E-state index contributed by atoms with van der Waals surface area (Å²) in [6.45, 7) is 13.0. The Hall–Kier alpha value is -4.11. The molecule has 0 aliphatic carbocycles. The van der Waals surface area contributed by atoms with Crippen LogP contribution >= 0.6 is 11.9 Å². The molecule has 0 N–H and O–H groups in total. The lowest BCUT2D eigenvalue weighted by Crippen LogP contribution is -2.50. The molecule has 44 heavy (non-hydrogen) atoms. The summed E-state index contributed by atoms with van der Waals surface area (Å²) in [5.41, 5.74) is 4.42. The number of benzene rings is 3. The van der Waals surface area contributed by atoms with Crippen molar-refractivity contribution < 1.29 is 23.5 Å². The Morgan fingerprint density at radius 3 is 2.36 bits per heavy atom. The van der Waals surface area contributed by atoms with Gasteiger partial charge in [0.2, 0.25) is 5.76 Å². The number of carbonyl (C=O) groups is 2. The van der Waals surface area contributed by atoms with E-state index in [0.29, 0.717) is 38.4 Å². The maximum atomic E-state index is 12.7. The minimum absolute atomic E-state index is 0.251. The van der Waals surface area contributed by atoms with Crippen molar-refractivity contribution in [1.82, 2.24) is 4.90 Å². The molecule has 232 valence electrons. The lowest BCUT2D eigenvalue weighted by molar-refractivity contribution is 0.0240. The predicted molar refractivity (Wildman–Crippen MR) is 177 cm³/mol. The molecule has 5 rings (SSSR count). The van der Waals surface area contributed by atoms with E-state index in [9.17, 15) is 9.59 Å². The third kappa shape index (κ3) is 7.50. The van der Waals surface area contributed by atoms with E-state index in [4.69, 9.17) is 13.9 Å². The van der Waals surface area contributed by atoms with Gasteiger partial charge in [0, 0.05) is 48.6 Å². The van der Waals surface area contributed by atoms with E-state index < -0.39 is 11.6 Å². The first-order valence-corrected chi connectivity index (χ1v) is 15.9. The van der Waals surface area contributed by atoms with E-state index in [-0.39, 0.29) is 11.9 Å². The molecule has 1 saturated heterocycles. The predicted octanol–water partition coefficient (Wildman–Crippen LogP) is 7.73. The first kappa shape index (κ1) is 31.3. The Labute approximate surface area is 264 Å². The molecular formula is C35H41N3O5S. The number of piperazine rings is 1. The van der Waals surface area contributed by atoms with Crippen LogP contribution < -0.4 is 9.21 Å². The molecule has 4 aromatic rings. The average Bonchev–Trinajstić information content (AvgIpc) is 3.34. The summed E-state index contributed by atoms with van der Waals surface area (Å²) in [5.74, 6) is -0.193. The first-order valence-electron chi connectivity index (χ1n) is 15.1. The molecule has 1 aliphatic heterocycles. The van der Waals surface area contributed by atoms with Gasteiger partial charge in [-0.3, -0.25) is 0 Å². The lowest BCUT2D eigenvalue weighted by Gasteiger charge is -2.38. The molecular weight excluding hydrogens is 574 g/mol. The summed E-state index contributed by atoms with van der Waals surface area (Å²) in [5, 5.41) is 0.896. The fraction of sp³-hybridized carbons (Fsp3) is 0.371. The van der Waals surface area contributed by atoms with Gasteiger partial charge in [-0.2, -0.15) is 0 Å². The van der Waals surface area contributed by atoms with Crippen molar-refractivity contribution in [2.75, 3.05) is 48.5 Å². The number of hydrogen-bond donors (Lipinski definition) is 0. The summed E-state index contributed by atoms with van der Waals surface area (Å²) >= 11 is 1.67. The number of para-hydroxylation sites is 2. The van der Waals surface area contributed by atoms with Gasteiger partial charge in [0.05, 0.1) is 18.0 Å². The van der Waals surface area contributed by atoms with Crippen molar-refractivity contribution in [3.63, 3.8) is 0 Å². The van der Waals surface area contributed by atoms with Crippen molar-refractivity contribution >= 4 is 46.4 Å². The van der Waals surface area contributed by atoms with Crippen LogP contribution in [-0.4, -0.2) is 61.9 Å². The normalized spacial score (nSPS) is 13.7. The number of aryl methyl sites for hydroxylation is 1. The van der Waals surface area contributed by atoms with Gasteiger partial charge < -0.3 is 28.0 Å². The Morgan fingerprint density at radius 1 is 0.955 bits per heavy atom. The Bertz CT molecular complexity index is 1590. The zero-order chi connectivity index (χ0) is 31.3. The minimum atomic E-state index is -0.518. The Kier molecular flexibility index (Phi) is 9.74. The van der Waals surface area contributed by atoms with E-state index in [2.05, 4.69) is 63.8 Å². The highest BCUT2D eigenvalue weighted by Gasteiger charge is 2.28. The molecule has 2 heterocycles. The number of hydrogen-bond acceptors (Lipinski definition) is 8. The van der Waals surface area contributed by atoms with Crippen LogP contribution in [-0.2, 0) is 15.9 Å². The van der Waals surface area contributed by atoms with Gasteiger partial charge in [-0.25, -0.2) is 9.59 Å². The second-order valence-electron chi connectivity index (χ2n) is 11.8. The highest BCUT2D eigenvalue weighted by atomic mass is 32.2. The second kappa shape index (κ2) is 13.7. The molecule has 3 aromatic carbocycles. The number of anilines is 2. The number of carbonyl (C=O) groups excluding carboxylic acids is 2. The summed E-state index contributed by atoms with van der Waals surface area (Å²) in [6, 6.07) is 25.0. The highest BCUT2D eigenvalue weighted by Crippen LogP contribution is 2.38. The van der Waals surface area contributed by atoms with Gasteiger partial charge in [0.15, 0.2) is 0 Å². The standard InChI is InChI=1S/C35H41N3O5S/c1-6-41-33(39)32-25(2)28-24-27(16-17-31(28)42-32)44-38(19-18-26-12-8-7-9-13-26)30-15-11-10-14-29(30)36-20-22-37(23-21-36)34(40)43-35(3,4)5/h7-17,24H,6,18-23H2,1-5H3. The van der Waals surface area contributed by atoms with Gasteiger partial charge in [-0.15, -0.1) is 0 Å². The number of nitrogens with zero attached hydrogens (tertiary/aromatic N) is 3. The molecule has 0 radical (unpaired) electrons. The van der Waals surface area contributed by atoms with Gasteiger partial charge in [-0.1, -0.05) is 42.5 Å². The number of rotatable bonds is 9. The van der Waals surface area contributed by atoms with Gasteiger partial charge in [-0.05, 0) is 88.9 Å². The Balaban J connectivity index is 1.41. The third-order valence-electron chi connectivity index (χ3n) is 7.45. The molecule has 1 aromatic heterocycles. The summed E-state index contributed by atoms with van der Waals surface area (Å²) < 4.78 is 19.0. The molecule has 0 bridgehead atoms. The van der Waals surface area contributed by atoms with E-state index >= 15 is 0 Å². The second-order valence-corrected chi connectivity index (χ2v) is 12.9. The number of amides is 1. The molecule has 1 aliphatic rings. The van der Waals surface area contributed by atoms with Crippen molar-refractivity contribution in [2.45, 2.75) is 51.5 Å². The summed E-state index contributed by atoms with van der Waals surface area (Å²) in [4.78, 5) is 30.3. The quantitative estimate of drug-likeness (QED) is 0.140. The number of furan rings is 1. The molecule has 8 nitrogen and oxygen atoms in total. The Morgan fingerprint density at radius 2 is 1.66 bits per heavy atom. The minimum Gasteiger partial charge on any atom is -0.460 e. The highest BCUT2D eigenvalue weighted by molar-refractivity contribution is 8.00. The van der Waals surface area contributed by atoms with E-state index in [1.807, 2.05) is 45.9 Å². The van der Waals surface area contributed by atoms with Crippen molar-refractivity contribution in [3.8, 4) is 0 Å². The third-order valence-corrected chi connectivity index (χ3v) is 8.52. The van der Waals surface area contributed by atoms with Crippen LogP contribution in [0.5, 0.6) is 0 Å². The van der Waals surface area contributed by atoms with Crippen LogP contribution in [0.4, 0.5) is 16.2 Å². The number of fused-ring (bicyclic) bond motifs is 1. The van der Waals surface area contributed by atoms with Crippen LogP contribution in [0, 0.1) is 6.92 Å². The summed E-state index contributed by atoms with van der Waals surface area (Å²) in [6.07, 6.45) is 0.607. The number of ether oxygens (including phenoxy) is 2.